The molecule has 0 N–H and O–H groups in total. The number of aromatic nitrogens is 2. The van der Waals surface area contributed by atoms with Crippen LogP contribution in [0, 0.1) is 0 Å². The number of benzene rings is 1. The van der Waals surface area contributed by atoms with E-state index in [4.69, 9.17) is 0 Å². The number of hydrogen-bond donors (Lipinski definition) is 0. The van der Waals surface area contributed by atoms with Gasteiger partial charge in [0, 0.05) is 38.8 Å². The minimum atomic E-state index is -3.35. The maximum Gasteiger partial charge on any atom is 0.227 e. The highest BCUT2D eigenvalue weighted by atomic mass is 32.2. The summed E-state index contributed by atoms with van der Waals surface area (Å²) in [7, 11) is -1.20. The maximum absolute atomic E-state index is 12.5. The minimum Gasteiger partial charge on any atom is -0.317 e. The van der Waals surface area contributed by atoms with Crippen LogP contribution in [0.4, 0.5) is 0 Å². The Morgan fingerprint density at radius 1 is 1.19 bits per heavy atom. The van der Waals surface area contributed by atoms with Gasteiger partial charge in [-0.2, -0.15) is 0 Å². The first-order chi connectivity index (χ1) is 12.9. The fraction of sp³-hybridized carbons (Fsp3) is 0.550. The lowest BCUT2D eigenvalue weighted by Gasteiger charge is -2.37. The molecule has 1 aliphatic rings. The Morgan fingerprint density at radius 2 is 1.93 bits per heavy atom. The first-order valence-corrected chi connectivity index (χ1v) is 11.3. The molecule has 0 aliphatic carbocycles. The second kappa shape index (κ2) is 8.54. The molecular weight excluding hydrogens is 360 g/mol. The number of likely N-dealkylation sites (N-methyl/N-ethyl adjacent to an activating group) is 1. The summed E-state index contributed by atoms with van der Waals surface area (Å²) in [5.74, 6) is 0.0698. The summed E-state index contributed by atoms with van der Waals surface area (Å²) in [6.07, 6.45) is 2.53. The molecule has 0 spiro atoms. The quantitative estimate of drug-likeness (QED) is 0.724. The van der Waals surface area contributed by atoms with Gasteiger partial charge < -0.3 is 9.47 Å². The molecular formula is C20H30N4O2S. The molecule has 1 aromatic heterocycles. The van der Waals surface area contributed by atoms with Crippen LogP contribution < -0.4 is 0 Å². The molecule has 6 nitrogen and oxygen atoms in total. The van der Waals surface area contributed by atoms with Crippen LogP contribution >= 0.6 is 0 Å². The predicted molar refractivity (Wildman–Crippen MR) is 107 cm³/mol. The van der Waals surface area contributed by atoms with E-state index in [0.717, 1.165) is 38.3 Å². The second-order valence-electron chi connectivity index (χ2n) is 7.39. The van der Waals surface area contributed by atoms with Crippen molar-refractivity contribution in [3.8, 4) is 0 Å². The van der Waals surface area contributed by atoms with Gasteiger partial charge in [0.25, 0.3) is 0 Å². The Hall–Kier alpha value is -1.70. The molecule has 3 rings (SSSR count). The van der Waals surface area contributed by atoms with Gasteiger partial charge in [0.2, 0.25) is 15.0 Å². The van der Waals surface area contributed by atoms with Crippen LogP contribution in [0.2, 0.25) is 0 Å². The molecule has 1 fully saturated rings. The number of aryl methyl sites for hydroxylation is 1. The summed E-state index contributed by atoms with van der Waals surface area (Å²) in [5.41, 5.74) is 2.18. The summed E-state index contributed by atoms with van der Waals surface area (Å²) in [4.78, 5) is 9.06. The highest BCUT2D eigenvalue weighted by Gasteiger charge is 2.25. The van der Waals surface area contributed by atoms with Crippen molar-refractivity contribution in [3.63, 3.8) is 0 Å². The first kappa shape index (κ1) is 20.0. The average molecular weight is 391 g/mol. The molecule has 0 bridgehead atoms. The summed E-state index contributed by atoms with van der Waals surface area (Å²) in [6, 6.07) is 10.7. The Labute approximate surface area is 162 Å². The van der Waals surface area contributed by atoms with E-state index in [1.807, 2.05) is 22.8 Å². The predicted octanol–water partition coefficient (Wildman–Crippen LogP) is 2.06. The number of sulfone groups is 1. The van der Waals surface area contributed by atoms with Crippen LogP contribution in [-0.2, 0) is 29.3 Å². The molecule has 0 saturated carbocycles. The number of imidazole rings is 1. The highest BCUT2D eigenvalue weighted by Crippen LogP contribution is 2.18. The first-order valence-electron chi connectivity index (χ1n) is 9.64. The van der Waals surface area contributed by atoms with Gasteiger partial charge in [-0.05, 0) is 26.0 Å². The minimum absolute atomic E-state index is 0.0698. The van der Waals surface area contributed by atoms with Crippen molar-refractivity contribution in [2.24, 2.45) is 0 Å². The summed E-state index contributed by atoms with van der Waals surface area (Å²) < 4.78 is 27.0. The third kappa shape index (κ3) is 4.78. The van der Waals surface area contributed by atoms with Crippen molar-refractivity contribution in [1.82, 2.24) is 19.4 Å². The number of hydrogen-bond acceptors (Lipinski definition) is 5. The van der Waals surface area contributed by atoms with Crippen LogP contribution in [0.15, 0.2) is 41.7 Å². The van der Waals surface area contributed by atoms with Crippen molar-refractivity contribution in [3.05, 3.63) is 47.8 Å². The smallest absolute Gasteiger partial charge is 0.227 e. The van der Waals surface area contributed by atoms with Crippen molar-refractivity contribution in [2.75, 3.05) is 32.4 Å². The molecule has 0 amide bonds. The standard InChI is InChI=1S/C20H30N4O2S/c1-4-27(25,26)20-21-14-19(16-23-13-12-22(3)17(2)15-23)24(20)11-10-18-8-6-5-7-9-18/h5-9,14,17H,4,10-13,15-16H2,1-3H3/t17-/m0/s1. The molecule has 1 saturated heterocycles. The average Bonchev–Trinajstić information content (AvgIpc) is 3.07. The SMILES string of the molecule is CCS(=O)(=O)c1ncc(CN2CCN(C)[C@@H](C)C2)n1CCc1ccccc1. The van der Waals surface area contributed by atoms with Crippen molar-refractivity contribution >= 4 is 9.84 Å². The Bertz CT molecular complexity index is 848. The zero-order chi connectivity index (χ0) is 19.4. The summed E-state index contributed by atoms with van der Waals surface area (Å²) in [5, 5.41) is 0.207. The van der Waals surface area contributed by atoms with Gasteiger partial charge >= 0.3 is 0 Å². The van der Waals surface area contributed by atoms with E-state index < -0.39 is 9.84 Å². The third-order valence-electron chi connectivity index (χ3n) is 5.46. The van der Waals surface area contributed by atoms with Gasteiger partial charge in [-0.25, -0.2) is 13.4 Å². The Balaban J connectivity index is 1.82. The number of rotatable bonds is 7. The van der Waals surface area contributed by atoms with E-state index in [1.54, 1.807) is 13.1 Å². The van der Waals surface area contributed by atoms with Crippen molar-refractivity contribution in [2.45, 2.75) is 44.6 Å². The summed E-state index contributed by atoms with van der Waals surface area (Å²) >= 11 is 0. The largest absolute Gasteiger partial charge is 0.317 e. The lowest BCUT2D eigenvalue weighted by atomic mass is 10.1. The number of piperazine rings is 1. The van der Waals surface area contributed by atoms with Gasteiger partial charge in [0.1, 0.15) is 0 Å². The van der Waals surface area contributed by atoms with Gasteiger partial charge in [0.15, 0.2) is 0 Å². The van der Waals surface area contributed by atoms with Crippen molar-refractivity contribution in [1.29, 1.82) is 0 Å². The van der Waals surface area contributed by atoms with Gasteiger partial charge in [0.05, 0.1) is 17.6 Å². The van der Waals surface area contributed by atoms with Gasteiger partial charge in [-0.3, -0.25) is 4.90 Å². The molecule has 2 heterocycles. The molecule has 1 atom stereocenters. The van der Waals surface area contributed by atoms with Gasteiger partial charge in [-0.15, -0.1) is 0 Å². The fourth-order valence-electron chi connectivity index (χ4n) is 3.52. The van der Waals surface area contributed by atoms with Crippen LogP contribution in [-0.4, -0.2) is 66.2 Å². The van der Waals surface area contributed by atoms with Crippen LogP contribution in [0.5, 0.6) is 0 Å². The van der Waals surface area contributed by atoms with Gasteiger partial charge in [-0.1, -0.05) is 37.3 Å². The van der Waals surface area contributed by atoms with E-state index in [0.29, 0.717) is 12.6 Å². The highest BCUT2D eigenvalue weighted by molar-refractivity contribution is 7.91. The Kier molecular flexibility index (Phi) is 6.34. The normalized spacial score (nSPS) is 19.4. The van der Waals surface area contributed by atoms with E-state index in [9.17, 15) is 8.42 Å². The molecule has 148 valence electrons. The number of nitrogens with zero attached hydrogens (tertiary/aromatic N) is 4. The lowest BCUT2D eigenvalue weighted by Crippen LogP contribution is -2.49. The zero-order valence-electron chi connectivity index (χ0n) is 16.5. The molecule has 0 radical (unpaired) electrons. The monoisotopic (exact) mass is 390 g/mol. The fourth-order valence-corrected chi connectivity index (χ4v) is 4.53. The van der Waals surface area contributed by atoms with E-state index in [-0.39, 0.29) is 10.9 Å². The lowest BCUT2D eigenvalue weighted by molar-refractivity contribution is 0.0980. The summed E-state index contributed by atoms with van der Waals surface area (Å²) in [6.45, 7) is 8.26. The van der Waals surface area contributed by atoms with E-state index in [2.05, 4.69) is 40.9 Å². The molecule has 7 heteroatoms. The second-order valence-corrected chi connectivity index (χ2v) is 9.56. The molecule has 2 aromatic rings. The zero-order valence-corrected chi connectivity index (χ0v) is 17.3. The van der Waals surface area contributed by atoms with E-state index >= 15 is 0 Å². The van der Waals surface area contributed by atoms with Crippen LogP contribution in [0.1, 0.15) is 25.1 Å². The van der Waals surface area contributed by atoms with Crippen LogP contribution in [0.3, 0.4) is 0 Å². The molecule has 0 unspecified atom stereocenters. The molecule has 1 aromatic carbocycles. The Morgan fingerprint density at radius 3 is 2.59 bits per heavy atom. The third-order valence-corrected chi connectivity index (χ3v) is 7.10. The van der Waals surface area contributed by atoms with Crippen LogP contribution in [0.25, 0.3) is 0 Å². The molecule has 27 heavy (non-hydrogen) atoms. The van der Waals surface area contributed by atoms with Crippen molar-refractivity contribution < 1.29 is 8.42 Å². The molecule has 1 aliphatic heterocycles. The topological polar surface area (TPSA) is 58.4 Å². The maximum atomic E-state index is 12.5. The van der Waals surface area contributed by atoms with E-state index in [1.165, 1.54) is 5.56 Å².